The number of benzene rings is 1. The lowest BCUT2D eigenvalue weighted by molar-refractivity contribution is 0.0709. The van der Waals surface area contributed by atoms with Crippen LogP contribution < -0.4 is 4.90 Å². The third kappa shape index (κ3) is 3.06. The second-order valence-corrected chi connectivity index (χ2v) is 7.86. The molecular weight excluding hydrogens is 366 g/mol. The molecule has 1 amide bonds. The van der Waals surface area contributed by atoms with Gasteiger partial charge in [-0.05, 0) is 12.5 Å². The van der Waals surface area contributed by atoms with Crippen molar-refractivity contribution in [3.05, 3.63) is 71.8 Å². The van der Waals surface area contributed by atoms with Gasteiger partial charge in [0.05, 0.1) is 11.7 Å². The number of likely N-dealkylation sites (tertiary alicyclic amines) is 1. The van der Waals surface area contributed by atoms with Gasteiger partial charge in [0.2, 0.25) is 0 Å². The number of anilines is 1. The Morgan fingerprint density at radius 3 is 2.59 bits per heavy atom. The number of oxazole rings is 1. The Balaban J connectivity index is 1.47. The summed E-state index contributed by atoms with van der Waals surface area (Å²) in [4.78, 5) is 30.7. The zero-order valence-corrected chi connectivity index (χ0v) is 16.5. The minimum absolute atomic E-state index is 0.00711. The van der Waals surface area contributed by atoms with Gasteiger partial charge in [0.25, 0.3) is 5.91 Å². The third-order valence-corrected chi connectivity index (χ3v) is 6.06. The summed E-state index contributed by atoms with van der Waals surface area (Å²) in [7, 11) is 0. The summed E-state index contributed by atoms with van der Waals surface area (Å²) >= 11 is 0. The van der Waals surface area contributed by atoms with E-state index in [9.17, 15) is 4.79 Å². The van der Waals surface area contributed by atoms with E-state index in [-0.39, 0.29) is 11.9 Å². The molecule has 0 saturated carbocycles. The Labute approximate surface area is 169 Å². The number of nitrogens with zero attached hydrogens (tertiary/aromatic N) is 5. The molecule has 4 heterocycles. The quantitative estimate of drug-likeness (QED) is 0.685. The van der Waals surface area contributed by atoms with Crippen molar-refractivity contribution >= 4 is 11.7 Å². The van der Waals surface area contributed by atoms with Crippen LogP contribution in [0.5, 0.6) is 0 Å². The minimum Gasteiger partial charge on any atom is -0.448 e. The lowest BCUT2D eigenvalue weighted by atomic mass is 9.89. The van der Waals surface area contributed by atoms with Crippen LogP contribution in [0, 0.1) is 25.7 Å². The van der Waals surface area contributed by atoms with Gasteiger partial charge in [0, 0.05) is 50.8 Å². The maximum absolute atomic E-state index is 13.2. The first-order valence-corrected chi connectivity index (χ1v) is 9.92. The topological polar surface area (TPSA) is 75.4 Å². The number of carbonyl (C=O) groups excluding carboxylic acids is 1. The highest BCUT2D eigenvalue weighted by Gasteiger charge is 2.50. The molecule has 2 aliphatic rings. The molecule has 7 heteroatoms. The summed E-state index contributed by atoms with van der Waals surface area (Å²) in [5, 5.41) is 0. The van der Waals surface area contributed by atoms with Crippen LogP contribution in [0.4, 0.5) is 5.82 Å². The minimum atomic E-state index is -0.0627. The third-order valence-electron chi connectivity index (χ3n) is 6.06. The molecule has 5 rings (SSSR count). The van der Waals surface area contributed by atoms with Crippen LogP contribution in [-0.4, -0.2) is 45.4 Å². The molecule has 3 aromatic rings. The molecule has 2 saturated heterocycles. The molecule has 7 nitrogen and oxygen atoms in total. The fourth-order valence-electron chi connectivity index (χ4n) is 4.82. The average molecular weight is 389 g/mol. The van der Waals surface area contributed by atoms with Gasteiger partial charge in [-0.3, -0.25) is 9.78 Å². The first-order valence-electron chi connectivity index (χ1n) is 9.92. The van der Waals surface area contributed by atoms with Crippen LogP contribution in [0.15, 0.2) is 53.4 Å². The van der Waals surface area contributed by atoms with E-state index < -0.39 is 0 Å². The highest BCUT2D eigenvalue weighted by Crippen LogP contribution is 2.46. The van der Waals surface area contributed by atoms with E-state index in [1.165, 1.54) is 6.26 Å². The van der Waals surface area contributed by atoms with Gasteiger partial charge >= 0.3 is 0 Å². The molecule has 1 aromatic carbocycles. The van der Waals surface area contributed by atoms with Crippen molar-refractivity contribution in [1.29, 1.82) is 0 Å². The van der Waals surface area contributed by atoms with Crippen molar-refractivity contribution in [2.45, 2.75) is 19.9 Å². The molecule has 3 atom stereocenters. The van der Waals surface area contributed by atoms with E-state index >= 15 is 0 Å². The first kappa shape index (κ1) is 17.8. The molecule has 2 fully saturated rings. The van der Waals surface area contributed by atoms with Crippen molar-refractivity contribution in [2.24, 2.45) is 11.8 Å². The van der Waals surface area contributed by atoms with Crippen molar-refractivity contribution in [2.75, 3.05) is 24.5 Å². The van der Waals surface area contributed by atoms with E-state index in [0.29, 0.717) is 30.0 Å². The maximum atomic E-state index is 13.2. The SMILES string of the molecule is Cc1nc(C(=O)N2C[C@@H]3CN(c4nccnc4C)C[C@@H]3[C@H]2c2ccccc2)co1. The lowest BCUT2D eigenvalue weighted by Gasteiger charge is -2.30. The van der Waals surface area contributed by atoms with Gasteiger partial charge < -0.3 is 14.2 Å². The van der Waals surface area contributed by atoms with Crippen molar-refractivity contribution in [1.82, 2.24) is 19.9 Å². The zero-order valence-electron chi connectivity index (χ0n) is 16.5. The number of carbonyl (C=O) groups is 1. The number of hydrogen-bond acceptors (Lipinski definition) is 6. The van der Waals surface area contributed by atoms with Gasteiger partial charge in [-0.1, -0.05) is 30.3 Å². The molecule has 0 N–H and O–H groups in total. The zero-order chi connectivity index (χ0) is 20.0. The Hall–Kier alpha value is -3.22. The predicted octanol–water partition coefficient (Wildman–Crippen LogP) is 3.03. The summed E-state index contributed by atoms with van der Waals surface area (Å²) in [5.74, 6) is 2.09. The summed E-state index contributed by atoms with van der Waals surface area (Å²) < 4.78 is 5.29. The van der Waals surface area contributed by atoms with Crippen LogP contribution >= 0.6 is 0 Å². The summed E-state index contributed by atoms with van der Waals surface area (Å²) in [6, 6.07) is 10.3. The van der Waals surface area contributed by atoms with Gasteiger partial charge in [-0.2, -0.15) is 0 Å². The molecule has 0 unspecified atom stereocenters. The highest BCUT2D eigenvalue weighted by molar-refractivity contribution is 5.92. The Morgan fingerprint density at radius 2 is 1.86 bits per heavy atom. The summed E-state index contributed by atoms with van der Waals surface area (Å²) in [6.45, 7) is 6.17. The average Bonchev–Trinajstić information content (AvgIpc) is 3.42. The van der Waals surface area contributed by atoms with Gasteiger partial charge in [0.1, 0.15) is 12.1 Å². The van der Waals surface area contributed by atoms with Gasteiger partial charge in [-0.15, -0.1) is 0 Å². The smallest absolute Gasteiger partial charge is 0.276 e. The summed E-state index contributed by atoms with van der Waals surface area (Å²) in [6.07, 6.45) is 4.93. The van der Waals surface area contributed by atoms with Crippen molar-refractivity contribution in [3.63, 3.8) is 0 Å². The lowest BCUT2D eigenvalue weighted by Crippen LogP contribution is -2.36. The highest BCUT2D eigenvalue weighted by atomic mass is 16.3. The van der Waals surface area contributed by atoms with Crippen LogP contribution in [0.1, 0.15) is 33.7 Å². The number of aromatic nitrogens is 3. The second-order valence-electron chi connectivity index (χ2n) is 7.86. The Morgan fingerprint density at radius 1 is 1.07 bits per heavy atom. The fraction of sp³-hybridized carbons (Fsp3) is 0.364. The van der Waals surface area contributed by atoms with E-state index in [1.54, 1.807) is 19.3 Å². The van der Waals surface area contributed by atoms with Gasteiger partial charge in [0.15, 0.2) is 11.6 Å². The van der Waals surface area contributed by atoms with Crippen LogP contribution in [0.2, 0.25) is 0 Å². The molecule has 0 spiro atoms. The molecule has 0 bridgehead atoms. The van der Waals surface area contributed by atoms with Gasteiger partial charge in [-0.25, -0.2) is 9.97 Å². The van der Waals surface area contributed by atoms with E-state index in [1.807, 2.05) is 30.0 Å². The van der Waals surface area contributed by atoms with Crippen molar-refractivity contribution < 1.29 is 9.21 Å². The molecular formula is C22H23N5O2. The van der Waals surface area contributed by atoms with Crippen LogP contribution in [-0.2, 0) is 0 Å². The number of amides is 1. The molecule has 2 aliphatic heterocycles. The fourth-order valence-corrected chi connectivity index (χ4v) is 4.82. The monoisotopic (exact) mass is 389 g/mol. The molecule has 148 valence electrons. The summed E-state index contributed by atoms with van der Waals surface area (Å²) in [5.41, 5.74) is 2.48. The number of hydrogen-bond donors (Lipinski definition) is 0. The Kier molecular flexibility index (Phi) is 4.30. The Bertz CT molecular complexity index is 1030. The largest absolute Gasteiger partial charge is 0.448 e. The predicted molar refractivity (Wildman–Crippen MR) is 107 cm³/mol. The number of fused-ring (bicyclic) bond motifs is 1. The second kappa shape index (κ2) is 6.99. The maximum Gasteiger partial charge on any atom is 0.276 e. The van der Waals surface area contributed by atoms with Crippen LogP contribution in [0.25, 0.3) is 0 Å². The van der Waals surface area contributed by atoms with Crippen molar-refractivity contribution in [3.8, 4) is 0 Å². The molecule has 2 aromatic heterocycles. The van der Waals surface area contributed by atoms with Crippen LogP contribution in [0.3, 0.4) is 0 Å². The van der Waals surface area contributed by atoms with E-state index in [0.717, 1.165) is 30.2 Å². The number of aryl methyl sites for hydroxylation is 2. The van der Waals surface area contributed by atoms with E-state index in [4.69, 9.17) is 4.42 Å². The van der Waals surface area contributed by atoms with E-state index in [2.05, 4.69) is 32.0 Å². The molecule has 0 aliphatic carbocycles. The number of rotatable bonds is 3. The molecule has 0 radical (unpaired) electrons. The molecule has 29 heavy (non-hydrogen) atoms. The normalized spacial score (nSPS) is 23.4. The standard InChI is InChI=1S/C22H23N5O2/c1-14-21(24-9-8-23-14)26-10-17-11-27(22(28)19-13-29-15(2)25-19)20(18(17)12-26)16-6-4-3-5-7-16/h3-9,13,17-18,20H,10-12H2,1-2H3/t17-,18-,20+/m0/s1. The first-order chi connectivity index (χ1) is 14.1.